The van der Waals surface area contributed by atoms with Crippen LogP contribution in [-0.2, 0) is 0 Å². The Morgan fingerprint density at radius 1 is 1.06 bits per heavy atom. The number of rotatable bonds is 1. The quantitative estimate of drug-likeness (QED) is 0.649. The van der Waals surface area contributed by atoms with Gasteiger partial charge in [0.05, 0.1) is 16.9 Å². The smallest absolute Gasteiger partial charge is 0.148 e. The lowest BCUT2D eigenvalue weighted by molar-refractivity contribution is 0.630. The maximum absolute atomic E-state index is 13.4. The van der Waals surface area contributed by atoms with Crippen LogP contribution in [0.4, 0.5) is 10.1 Å². The van der Waals surface area contributed by atoms with Gasteiger partial charge in [-0.25, -0.2) is 9.07 Å². The first-order valence-electron chi connectivity index (χ1n) is 5.12. The standard InChI is InChI=1S/C12H9FN4/c13-8-4-3-7-11(12(8)14)17-10-6-2-1-5-9(10)15-16-17/h1-7H,14H2. The molecule has 0 saturated heterocycles. The van der Waals surface area contributed by atoms with Gasteiger partial charge in [0, 0.05) is 0 Å². The topological polar surface area (TPSA) is 56.7 Å². The fraction of sp³-hybridized carbons (Fsp3) is 0. The summed E-state index contributed by atoms with van der Waals surface area (Å²) < 4.78 is 14.9. The van der Waals surface area contributed by atoms with Crippen molar-refractivity contribution in [2.75, 3.05) is 5.73 Å². The fourth-order valence-corrected chi connectivity index (χ4v) is 1.76. The highest BCUT2D eigenvalue weighted by molar-refractivity contribution is 5.77. The van der Waals surface area contributed by atoms with Crippen molar-refractivity contribution >= 4 is 16.7 Å². The van der Waals surface area contributed by atoms with Gasteiger partial charge in [0.25, 0.3) is 0 Å². The SMILES string of the molecule is Nc1c(F)cccc1-n1nnc2ccccc21. The molecule has 17 heavy (non-hydrogen) atoms. The van der Waals surface area contributed by atoms with Gasteiger partial charge in [0.15, 0.2) is 0 Å². The highest BCUT2D eigenvalue weighted by atomic mass is 19.1. The molecule has 0 aliphatic rings. The van der Waals surface area contributed by atoms with Crippen molar-refractivity contribution in [2.24, 2.45) is 0 Å². The van der Waals surface area contributed by atoms with Crippen LogP contribution in [0.1, 0.15) is 0 Å². The van der Waals surface area contributed by atoms with Crippen LogP contribution in [0.25, 0.3) is 16.7 Å². The molecule has 0 aliphatic heterocycles. The normalized spacial score (nSPS) is 10.9. The number of nitrogens with zero attached hydrogens (tertiary/aromatic N) is 3. The number of para-hydroxylation sites is 2. The van der Waals surface area contributed by atoms with E-state index in [-0.39, 0.29) is 5.69 Å². The van der Waals surface area contributed by atoms with E-state index in [0.29, 0.717) is 5.69 Å². The number of anilines is 1. The molecule has 2 N–H and O–H groups in total. The minimum absolute atomic E-state index is 0.0724. The van der Waals surface area contributed by atoms with Crippen LogP contribution >= 0.6 is 0 Å². The van der Waals surface area contributed by atoms with Crippen molar-refractivity contribution in [3.8, 4) is 5.69 Å². The molecule has 3 aromatic rings. The van der Waals surface area contributed by atoms with Crippen molar-refractivity contribution in [3.63, 3.8) is 0 Å². The van der Waals surface area contributed by atoms with Crippen molar-refractivity contribution in [1.82, 2.24) is 15.0 Å². The van der Waals surface area contributed by atoms with Crippen LogP contribution in [-0.4, -0.2) is 15.0 Å². The predicted molar refractivity (Wildman–Crippen MR) is 63.2 cm³/mol. The summed E-state index contributed by atoms with van der Waals surface area (Å²) in [6.07, 6.45) is 0. The molecule has 2 aromatic carbocycles. The second-order valence-electron chi connectivity index (χ2n) is 3.66. The number of hydrogen-bond acceptors (Lipinski definition) is 3. The zero-order valence-corrected chi connectivity index (χ0v) is 8.84. The molecule has 0 spiro atoms. The summed E-state index contributed by atoms with van der Waals surface area (Å²) in [5.41, 5.74) is 7.81. The Kier molecular flexibility index (Phi) is 2.04. The molecule has 0 unspecified atom stereocenters. The Hall–Kier alpha value is -2.43. The van der Waals surface area contributed by atoms with E-state index in [1.54, 1.807) is 12.1 Å². The number of aromatic nitrogens is 3. The summed E-state index contributed by atoms with van der Waals surface area (Å²) in [6, 6.07) is 12.1. The molecule has 0 fully saturated rings. The average Bonchev–Trinajstić information content (AvgIpc) is 2.77. The summed E-state index contributed by atoms with van der Waals surface area (Å²) in [7, 11) is 0. The van der Waals surface area contributed by atoms with Crippen LogP contribution in [0.15, 0.2) is 42.5 Å². The lowest BCUT2D eigenvalue weighted by Crippen LogP contribution is -2.03. The van der Waals surface area contributed by atoms with Crippen molar-refractivity contribution < 1.29 is 4.39 Å². The zero-order valence-electron chi connectivity index (χ0n) is 8.84. The second-order valence-corrected chi connectivity index (χ2v) is 3.66. The summed E-state index contributed by atoms with van der Waals surface area (Å²) in [5, 5.41) is 7.99. The Balaban J connectivity index is 2.31. The van der Waals surface area contributed by atoms with E-state index in [4.69, 9.17) is 5.73 Å². The second kappa shape index (κ2) is 3.55. The largest absolute Gasteiger partial charge is 0.395 e. The van der Waals surface area contributed by atoms with E-state index < -0.39 is 5.82 Å². The molecule has 84 valence electrons. The molecule has 3 rings (SSSR count). The maximum Gasteiger partial charge on any atom is 0.148 e. The van der Waals surface area contributed by atoms with Gasteiger partial charge in [-0.3, -0.25) is 0 Å². The van der Waals surface area contributed by atoms with Gasteiger partial charge >= 0.3 is 0 Å². The van der Waals surface area contributed by atoms with Crippen LogP contribution in [0, 0.1) is 5.82 Å². The first-order chi connectivity index (χ1) is 8.27. The number of nitrogens with two attached hydrogens (primary N) is 1. The zero-order chi connectivity index (χ0) is 11.8. The monoisotopic (exact) mass is 228 g/mol. The minimum Gasteiger partial charge on any atom is -0.395 e. The Morgan fingerprint density at radius 3 is 2.76 bits per heavy atom. The van der Waals surface area contributed by atoms with Gasteiger partial charge in [-0.05, 0) is 24.3 Å². The first-order valence-corrected chi connectivity index (χ1v) is 5.12. The highest BCUT2D eigenvalue weighted by Crippen LogP contribution is 2.22. The number of benzene rings is 2. The number of halogens is 1. The third-order valence-electron chi connectivity index (χ3n) is 2.61. The summed E-state index contributed by atoms with van der Waals surface area (Å²) in [5.74, 6) is -0.456. The van der Waals surface area contributed by atoms with Gasteiger partial charge < -0.3 is 5.73 Å². The van der Waals surface area contributed by atoms with Crippen LogP contribution in [0.5, 0.6) is 0 Å². The van der Waals surface area contributed by atoms with E-state index in [2.05, 4.69) is 10.3 Å². The summed E-state index contributed by atoms with van der Waals surface area (Å²) in [4.78, 5) is 0. The Labute approximate surface area is 96.5 Å². The van der Waals surface area contributed by atoms with Gasteiger partial charge in [0.2, 0.25) is 0 Å². The van der Waals surface area contributed by atoms with Crippen LogP contribution in [0.2, 0.25) is 0 Å². The molecule has 0 bridgehead atoms. The minimum atomic E-state index is -0.456. The average molecular weight is 228 g/mol. The molecule has 0 radical (unpaired) electrons. The molecule has 0 aliphatic carbocycles. The summed E-state index contributed by atoms with van der Waals surface area (Å²) in [6.45, 7) is 0. The molecule has 0 saturated carbocycles. The van der Waals surface area contributed by atoms with Gasteiger partial charge in [-0.1, -0.05) is 23.4 Å². The van der Waals surface area contributed by atoms with Gasteiger partial charge in [-0.2, -0.15) is 0 Å². The Morgan fingerprint density at radius 2 is 1.88 bits per heavy atom. The molecule has 0 amide bonds. The number of nitrogen functional groups attached to an aromatic ring is 1. The van der Waals surface area contributed by atoms with E-state index in [9.17, 15) is 4.39 Å². The van der Waals surface area contributed by atoms with Crippen LogP contribution < -0.4 is 5.73 Å². The molecule has 1 aromatic heterocycles. The lowest BCUT2D eigenvalue weighted by Gasteiger charge is -2.06. The molecule has 0 atom stereocenters. The fourth-order valence-electron chi connectivity index (χ4n) is 1.76. The van der Waals surface area contributed by atoms with Gasteiger partial charge in [0.1, 0.15) is 11.3 Å². The molecular formula is C12H9FN4. The number of hydrogen-bond donors (Lipinski definition) is 1. The molecular weight excluding hydrogens is 219 g/mol. The third-order valence-corrected chi connectivity index (χ3v) is 2.61. The summed E-state index contributed by atoms with van der Waals surface area (Å²) >= 11 is 0. The third kappa shape index (κ3) is 1.44. The molecule has 1 heterocycles. The van der Waals surface area contributed by atoms with E-state index in [1.165, 1.54) is 10.7 Å². The van der Waals surface area contributed by atoms with Crippen molar-refractivity contribution in [2.45, 2.75) is 0 Å². The van der Waals surface area contributed by atoms with E-state index in [0.717, 1.165) is 11.0 Å². The molecule has 5 heteroatoms. The Bertz CT molecular complexity index is 690. The molecule has 4 nitrogen and oxygen atoms in total. The van der Waals surface area contributed by atoms with Crippen molar-refractivity contribution in [3.05, 3.63) is 48.3 Å². The van der Waals surface area contributed by atoms with Crippen molar-refractivity contribution in [1.29, 1.82) is 0 Å². The van der Waals surface area contributed by atoms with Gasteiger partial charge in [-0.15, -0.1) is 5.10 Å². The van der Waals surface area contributed by atoms with Crippen LogP contribution in [0.3, 0.4) is 0 Å². The number of fused-ring (bicyclic) bond motifs is 1. The first kappa shape index (κ1) is 9.77. The predicted octanol–water partition coefficient (Wildman–Crippen LogP) is 2.14. The van der Waals surface area contributed by atoms with E-state index >= 15 is 0 Å². The highest BCUT2D eigenvalue weighted by Gasteiger charge is 2.10. The lowest BCUT2D eigenvalue weighted by atomic mass is 10.2. The van der Waals surface area contributed by atoms with E-state index in [1.807, 2.05) is 24.3 Å². The maximum atomic E-state index is 13.4.